The summed E-state index contributed by atoms with van der Waals surface area (Å²) in [5.41, 5.74) is 1.69. The maximum atomic E-state index is 13.4. The number of benzene rings is 1. The van der Waals surface area contributed by atoms with E-state index >= 15 is 0 Å². The molecule has 0 aliphatic heterocycles. The lowest BCUT2D eigenvalue weighted by atomic mass is 10.2. The molecule has 2 rings (SSSR count). The van der Waals surface area contributed by atoms with E-state index in [9.17, 15) is 9.18 Å². The minimum Gasteiger partial charge on any atom is -0.352 e. The summed E-state index contributed by atoms with van der Waals surface area (Å²) in [5.74, 6) is -0.373. The number of rotatable bonds is 5. The van der Waals surface area contributed by atoms with Gasteiger partial charge in [-0.3, -0.25) is 4.79 Å². The van der Waals surface area contributed by atoms with Crippen LogP contribution >= 0.6 is 0 Å². The van der Waals surface area contributed by atoms with E-state index in [0.29, 0.717) is 18.5 Å². The zero-order valence-corrected chi connectivity index (χ0v) is 11.5. The molecule has 0 aliphatic rings. The predicted octanol–water partition coefficient (Wildman–Crippen LogP) is 2.13. The Bertz CT molecular complexity index is 581. The van der Waals surface area contributed by atoms with Gasteiger partial charge >= 0.3 is 0 Å². The lowest BCUT2D eigenvalue weighted by molar-refractivity contribution is -0.695. The average molecular weight is 273 g/mol. The molecule has 0 aliphatic carbocycles. The van der Waals surface area contributed by atoms with Gasteiger partial charge in [0.15, 0.2) is 18.9 Å². The Morgan fingerprint density at radius 2 is 1.90 bits per heavy atom. The SMILES string of the molecule is Cc1cc[n+](CCC(=O)NCc2ccccc2F)cc1. The highest BCUT2D eigenvalue weighted by molar-refractivity contribution is 5.75. The van der Waals surface area contributed by atoms with Gasteiger partial charge in [0.25, 0.3) is 0 Å². The Labute approximate surface area is 118 Å². The van der Waals surface area contributed by atoms with E-state index in [1.54, 1.807) is 18.2 Å². The molecule has 1 amide bonds. The number of aromatic nitrogens is 1. The highest BCUT2D eigenvalue weighted by Gasteiger charge is 2.07. The standard InChI is InChI=1S/C16H17FN2O/c1-13-6-9-19(10-7-13)11-8-16(20)18-12-14-4-2-3-5-15(14)17/h2-7,9-10H,8,11-12H2,1H3/p+1. The third-order valence-corrected chi connectivity index (χ3v) is 3.09. The monoisotopic (exact) mass is 273 g/mol. The van der Waals surface area contributed by atoms with Crippen molar-refractivity contribution in [1.82, 2.24) is 5.32 Å². The van der Waals surface area contributed by atoms with Crippen molar-refractivity contribution in [2.24, 2.45) is 0 Å². The Balaban J connectivity index is 1.78. The minimum atomic E-state index is -0.291. The first-order valence-corrected chi connectivity index (χ1v) is 6.61. The maximum absolute atomic E-state index is 13.4. The fourth-order valence-corrected chi connectivity index (χ4v) is 1.84. The number of carbonyl (C=O) groups excluding carboxylic acids is 1. The van der Waals surface area contributed by atoms with Gasteiger partial charge in [0.2, 0.25) is 5.91 Å². The first-order chi connectivity index (χ1) is 9.65. The van der Waals surface area contributed by atoms with E-state index in [-0.39, 0.29) is 18.3 Å². The third-order valence-electron chi connectivity index (χ3n) is 3.09. The van der Waals surface area contributed by atoms with Gasteiger partial charge < -0.3 is 5.32 Å². The zero-order valence-electron chi connectivity index (χ0n) is 11.5. The van der Waals surface area contributed by atoms with Crippen LogP contribution in [0, 0.1) is 12.7 Å². The molecule has 2 aromatic rings. The van der Waals surface area contributed by atoms with Crippen molar-refractivity contribution in [2.45, 2.75) is 26.4 Å². The fraction of sp³-hybridized carbons (Fsp3) is 0.250. The summed E-state index contributed by atoms with van der Waals surface area (Å²) in [6.45, 7) is 2.86. The number of pyridine rings is 1. The molecule has 0 spiro atoms. The van der Waals surface area contributed by atoms with E-state index < -0.39 is 0 Å². The van der Waals surface area contributed by atoms with E-state index in [4.69, 9.17) is 0 Å². The second kappa shape index (κ2) is 6.80. The molecular weight excluding hydrogens is 255 g/mol. The van der Waals surface area contributed by atoms with Gasteiger partial charge in [-0.15, -0.1) is 0 Å². The molecule has 20 heavy (non-hydrogen) atoms. The van der Waals surface area contributed by atoms with Crippen molar-refractivity contribution < 1.29 is 13.8 Å². The fourth-order valence-electron chi connectivity index (χ4n) is 1.84. The molecule has 0 atom stereocenters. The third kappa shape index (κ3) is 4.16. The molecule has 0 unspecified atom stereocenters. The van der Waals surface area contributed by atoms with Crippen molar-refractivity contribution in [1.29, 1.82) is 0 Å². The largest absolute Gasteiger partial charge is 0.352 e. The number of halogens is 1. The summed E-state index contributed by atoms with van der Waals surface area (Å²) >= 11 is 0. The van der Waals surface area contributed by atoms with Crippen molar-refractivity contribution in [2.75, 3.05) is 0 Å². The second-order valence-corrected chi connectivity index (χ2v) is 4.73. The second-order valence-electron chi connectivity index (χ2n) is 4.73. The van der Waals surface area contributed by atoms with Crippen LogP contribution in [-0.4, -0.2) is 5.91 Å². The van der Waals surface area contributed by atoms with Crippen LogP contribution in [0.25, 0.3) is 0 Å². The lowest BCUT2D eigenvalue weighted by Crippen LogP contribution is -2.36. The summed E-state index contributed by atoms with van der Waals surface area (Å²) in [6, 6.07) is 10.4. The van der Waals surface area contributed by atoms with E-state index in [0.717, 1.165) is 0 Å². The van der Waals surface area contributed by atoms with E-state index in [1.807, 2.05) is 36.0 Å². The maximum Gasteiger partial charge on any atom is 0.226 e. The summed E-state index contributed by atoms with van der Waals surface area (Å²) < 4.78 is 15.3. The Hall–Kier alpha value is -2.23. The van der Waals surface area contributed by atoms with Gasteiger partial charge in [-0.2, -0.15) is 0 Å². The predicted molar refractivity (Wildman–Crippen MR) is 74.2 cm³/mol. The quantitative estimate of drug-likeness (QED) is 0.832. The van der Waals surface area contributed by atoms with Crippen LogP contribution in [0.2, 0.25) is 0 Å². The van der Waals surface area contributed by atoms with Gasteiger partial charge in [0.05, 0.1) is 6.42 Å². The van der Waals surface area contributed by atoms with Gasteiger partial charge in [0.1, 0.15) is 5.82 Å². The molecule has 0 bridgehead atoms. The number of aryl methyl sites for hydroxylation is 2. The highest BCUT2D eigenvalue weighted by Crippen LogP contribution is 2.05. The molecule has 0 fully saturated rings. The van der Waals surface area contributed by atoms with Gasteiger partial charge in [-0.1, -0.05) is 18.2 Å². The molecule has 1 aromatic heterocycles. The van der Waals surface area contributed by atoms with Crippen LogP contribution in [0.1, 0.15) is 17.5 Å². The number of nitrogens with zero attached hydrogens (tertiary/aromatic N) is 1. The van der Waals surface area contributed by atoms with Crippen LogP contribution in [0.5, 0.6) is 0 Å². The van der Waals surface area contributed by atoms with Crippen LogP contribution in [0.3, 0.4) is 0 Å². The van der Waals surface area contributed by atoms with Crippen molar-refractivity contribution in [3.63, 3.8) is 0 Å². The van der Waals surface area contributed by atoms with Gasteiger partial charge in [-0.05, 0) is 18.6 Å². The average Bonchev–Trinajstić information content (AvgIpc) is 2.46. The molecular formula is C16H18FN2O+. The summed E-state index contributed by atoms with van der Waals surface area (Å²) in [5, 5.41) is 2.73. The number of nitrogens with one attached hydrogen (secondary N) is 1. The number of carbonyl (C=O) groups is 1. The Morgan fingerprint density at radius 1 is 1.20 bits per heavy atom. The van der Waals surface area contributed by atoms with Crippen LogP contribution in [0.4, 0.5) is 4.39 Å². The molecule has 0 saturated carbocycles. The molecule has 0 radical (unpaired) electrons. The van der Waals surface area contributed by atoms with Gasteiger partial charge in [-0.25, -0.2) is 8.96 Å². The topological polar surface area (TPSA) is 33.0 Å². The van der Waals surface area contributed by atoms with Crippen molar-refractivity contribution in [3.8, 4) is 0 Å². The zero-order chi connectivity index (χ0) is 14.4. The molecule has 104 valence electrons. The first kappa shape index (κ1) is 14.2. The Morgan fingerprint density at radius 3 is 2.60 bits per heavy atom. The molecule has 3 nitrogen and oxygen atoms in total. The molecule has 1 aromatic carbocycles. The highest BCUT2D eigenvalue weighted by atomic mass is 19.1. The summed E-state index contributed by atoms with van der Waals surface area (Å²) in [7, 11) is 0. The van der Waals surface area contributed by atoms with Crippen LogP contribution < -0.4 is 9.88 Å². The van der Waals surface area contributed by atoms with Crippen molar-refractivity contribution in [3.05, 3.63) is 65.7 Å². The smallest absolute Gasteiger partial charge is 0.226 e. The molecule has 1 heterocycles. The number of hydrogen-bond donors (Lipinski definition) is 1. The number of hydrogen-bond acceptors (Lipinski definition) is 1. The minimum absolute atomic E-state index is 0.0821. The summed E-state index contributed by atoms with van der Waals surface area (Å²) in [6.07, 6.45) is 4.27. The van der Waals surface area contributed by atoms with Crippen molar-refractivity contribution >= 4 is 5.91 Å². The number of amides is 1. The molecule has 4 heteroatoms. The Kier molecular flexibility index (Phi) is 4.82. The van der Waals surface area contributed by atoms with Crippen LogP contribution in [-0.2, 0) is 17.9 Å². The molecule has 0 saturated heterocycles. The summed E-state index contributed by atoms with van der Waals surface area (Å²) in [4.78, 5) is 11.7. The molecule has 1 N–H and O–H groups in total. The first-order valence-electron chi connectivity index (χ1n) is 6.61. The van der Waals surface area contributed by atoms with Gasteiger partial charge in [0, 0.05) is 24.2 Å². The van der Waals surface area contributed by atoms with E-state index in [1.165, 1.54) is 11.6 Å². The normalized spacial score (nSPS) is 10.3. The van der Waals surface area contributed by atoms with E-state index in [2.05, 4.69) is 5.32 Å². The van der Waals surface area contributed by atoms with Crippen LogP contribution in [0.15, 0.2) is 48.8 Å². The lowest BCUT2D eigenvalue weighted by Gasteiger charge is -2.05.